The molecule has 1 aromatic carbocycles. The molecule has 94 valence electrons. The Balaban J connectivity index is 2.07. The van der Waals surface area contributed by atoms with E-state index in [0.717, 1.165) is 35.7 Å². The molecule has 0 radical (unpaired) electrons. The SMILES string of the molecule is CCn1c(CBr)nnc1-c1ccc2c(c1)COC2. The third-order valence-electron chi connectivity index (χ3n) is 3.24. The van der Waals surface area contributed by atoms with Crippen molar-refractivity contribution in [3.63, 3.8) is 0 Å². The molecule has 0 fully saturated rings. The van der Waals surface area contributed by atoms with Crippen molar-refractivity contribution >= 4 is 15.9 Å². The molecular formula is C13H14BrN3O. The van der Waals surface area contributed by atoms with E-state index in [1.807, 2.05) is 0 Å². The molecule has 0 saturated carbocycles. The lowest BCUT2D eigenvalue weighted by Gasteiger charge is -2.07. The third-order valence-corrected chi connectivity index (χ3v) is 3.74. The fourth-order valence-electron chi connectivity index (χ4n) is 2.29. The number of hydrogen-bond donors (Lipinski definition) is 0. The zero-order valence-corrected chi connectivity index (χ0v) is 11.8. The summed E-state index contributed by atoms with van der Waals surface area (Å²) in [6.07, 6.45) is 0. The van der Waals surface area contributed by atoms with Crippen LogP contribution in [0.4, 0.5) is 0 Å². The molecule has 0 unspecified atom stereocenters. The summed E-state index contributed by atoms with van der Waals surface area (Å²) < 4.78 is 7.57. The van der Waals surface area contributed by atoms with E-state index in [2.05, 4.69) is 55.8 Å². The van der Waals surface area contributed by atoms with Gasteiger partial charge in [0, 0.05) is 12.1 Å². The molecule has 0 bridgehead atoms. The highest BCUT2D eigenvalue weighted by molar-refractivity contribution is 9.08. The number of hydrogen-bond acceptors (Lipinski definition) is 3. The highest BCUT2D eigenvalue weighted by Crippen LogP contribution is 2.26. The smallest absolute Gasteiger partial charge is 0.163 e. The molecule has 2 heterocycles. The average molecular weight is 308 g/mol. The Labute approximate surface area is 114 Å². The number of nitrogens with zero attached hydrogens (tertiary/aromatic N) is 3. The van der Waals surface area contributed by atoms with E-state index in [4.69, 9.17) is 4.74 Å². The van der Waals surface area contributed by atoms with Crippen molar-refractivity contribution in [3.8, 4) is 11.4 Å². The van der Waals surface area contributed by atoms with Crippen LogP contribution in [0.15, 0.2) is 18.2 Å². The zero-order valence-electron chi connectivity index (χ0n) is 10.2. The van der Waals surface area contributed by atoms with Gasteiger partial charge in [-0.3, -0.25) is 0 Å². The van der Waals surface area contributed by atoms with Crippen molar-refractivity contribution < 1.29 is 4.74 Å². The Morgan fingerprint density at radius 1 is 1.28 bits per heavy atom. The number of aromatic nitrogens is 3. The van der Waals surface area contributed by atoms with E-state index in [-0.39, 0.29) is 0 Å². The number of rotatable bonds is 3. The van der Waals surface area contributed by atoms with Crippen LogP contribution in [0.2, 0.25) is 0 Å². The van der Waals surface area contributed by atoms with Crippen molar-refractivity contribution in [2.24, 2.45) is 0 Å². The molecule has 0 aliphatic carbocycles. The van der Waals surface area contributed by atoms with Gasteiger partial charge in [0.25, 0.3) is 0 Å². The molecule has 1 aliphatic rings. The van der Waals surface area contributed by atoms with Crippen LogP contribution >= 0.6 is 15.9 Å². The Morgan fingerprint density at radius 3 is 2.89 bits per heavy atom. The number of halogens is 1. The lowest BCUT2D eigenvalue weighted by Crippen LogP contribution is -2.02. The highest BCUT2D eigenvalue weighted by Gasteiger charge is 2.16. The predicted molar refractivity (Wildman–Crippen MR) is 72.3 cm³/mol. The van der Waals surface area contributed by atoms with Crippen LogP contribution in [0.3, 0.4) is 0 Å². The maximum absolute atomic E-state index is 5.44. The van der Waals surface area contributed by atoms with Gasteiger partial charge in [0.2, 0.25) is 0 Å². The zero-order chi connectivity index (χ0) is 12.5. The van der Waals surface area contributed by atoms with E-state index in [1.165, 1.54) is 11.1 Å². The largest absolute Gasteiger partial charge is 0.372 e. The lowest BCUT2D eigenvalue weighted by atomic mass is 10.1. The molecular weight excluding hydrogens is 294 g/mol. The summed E-state index contributed by atoms with van der Waals surface area (Å²) in [5, 5.41) is 9.23. The van der Waals surface area contributed by atoms with Gasteiger partial charge in [0.15, 0.2) is 5.82 Å². The van der Waals surface area contributed by atoms with E-state index >= 15 is 0 Å². The normalized spacial score (nSPS) is 13.9. The van der Waals surface area contributed by atoms with Crippen molar-refractivity contribution in [2.75, 3.05) is 0 Å². The van der Waals surface area contributed by atoms with Crippen LogP contribution in [0.5, 0.6) is 0 Å². The molecule has 0 amide bonds. The molecule has 3 rings (SSSR count). The van der Waals surface area contributed by atoms with E-state index in [1.54, 1.807) is 0 Å². The second-order valence-electron chi connectivity index (χ2n) is 4.29. The Morgan fingerprint density at radius 2 is 2.11 bits per heavy atom. The summed E-state index contributed by atoms with van der Waals surface area (Å²) in [5.41, 5.74) is 3.65. The lowest BCUT2D eigenvalue weighted by molar-refractivity contribution is 0.134. The predicted octanol–water partition coefficient (Wildman–Crippen LogP) is 2.89. The molecule has 4 nitrogen and oxygen atoms in total. The molecule has 0 atom stereocenters. The maximum Gasteiger partial charge on any atom is 0.163 e. The van der Waals surface area contributed by atoms with Gasteiger partial charge in [0.05, 0.1) is 18.5 Å². The van der Waals surface area contributed by atoms with Crippen LogP contribution in [-0.2, 0) is 29.8 Å². The first-order valence-electron chi connectivity index (χ1n) is 6.01. The summed E-state index contributed by atoms with van der Waals surface area (Å²) >= 11 is 3.44. The van der Waals surface area contributed by atoms with Gasteiger partial charge < -0.3 is 9.30 Å². The van der Waals surface area contributed by atoms with Gasteiger partial charge in [0.1, 0.15) is 5.82 Å². The second-order valence-corrected chi connectivity index (χ2v) is 4.85. The summed E-state index contributed by atoms with van der Waals surface area (Å²) in [5.74, 6) is 1.89. The van der Waals surface area contributed by atoms with Gasteiger partial charge >= 0.3 is 0 Å². The monoisotopic (exact) mass is 307 g/mol. The molecule has 5 heteroatoms. The quantitative estimate of drug-likeness (QED) is 0.819. The minimum atomic E-state index is 0.703. The first kappa shape index (κ1) is 11.9. The summed E-state index contributed by atoms with van der Waals surface area (Å²) in [7, 11) is 0. The van der Waals surface area contributed by atoms with Crippen molar-refractivity contribution in [1.29, 1.82) is 0 Å². The first-order chi connectivity index (χ1) is 8.83. The van der Waals surface area contributed by atoms with Crippen LogP contribution < -0.4 is 0 Å². The second kappa shape index (κ2) is 4.82. The van der Waals surface area contributed by atoms with Crippen LogP contribution in [-0.4, -0.2) is 14.8 Å². The van der Waals surface area contributed by atoms with Crippen molar-refractivity contribution in [2.45, 2.75) is 32.0 Å². The first-order valence-corrected chi connectivity index (χ1v) is 7.13. The maximum atomic E-state index is 5.44. The minimum Gasteiger partial charge on any atom is -0.372 e. The average Bonchev–Trinajstić information content (AvgIpc) is 3.03. The van der Waals surface area contributed by atoms with Gasteiger partial charge in [-0.1, -0.05) is 28.1 Å². The third kappa shape index (κ3) is 1.87. The Bertz CT molecular complexity index is 580. The van der Waals surface area contributed by atoms with Gasteiger partial charge in [-0.05, 0) is 24.1 Å². The molecule has 2 aromatic rings. The van der Waals surface area contributed by atoms with E-state index in [9.17, 15) is 0 Å². The molecule has 0 saturated heterocycles. The highest BCUT2D eigenvalue weighted by atomic mass is 79.9. The Kier molecular flexibility index (Phi) is 3.18. The van der Waals surface area contributed by atoms with Gasteiger partial charge in [-0.25, -0.2) is 0 Å². The molecule has 18 heavy (non-hydrogen) atoms. The van der Waals surface area contributed by atoms with E-state index < -0.39 is 0 Å². The topological polar surface area (TPSA) is 39.9 Å². The van der Waals surface area contributed by atoms with Crippen LogP contribution in [0.25, 0.3) is 11.4 Å². The number of benzene rings is 1. The summed E-state index contributed by atoms with van der Waals surface area (Å²) in [6, 6.07) is 6.39. The summed E-state index contributed by atoms with van der Waals surface area (Å²) in [6.45, 7) is 4.41. The van der Waals surface area contributed by atoms with Crippen molar-refractivity contribution in [3.05, 3.63) is 35.2 Å². The van der Waals surface area contributed by atoms with Gasteiger partial charge in [-0.2, -0.15) is 0 Å². The van der Waals surface area contributed by atoms with Crippen molar-refractivity contribution in [1.82, 2.24) is 14.8 Å². The van der Waals surface area contributed by atoms with Crippen LogP contribution in [0, 0.1) is 0 Å². The molecule has 1 aliphatic heterocycles. The fraction of sp³-hybridized carbons (Fsp3) is 0.385. The minimum absolute atomic E-state index is 0.703. The fourth-order valence-corrected chi connectivity index (χ4v) is 2.71. The number of ether oxygens (including phenoxy) is 1. The standard InChI is InChI=1S/C13H14BrN3O/c1-2-17-12(6-14)15-16-13(17)9-3-4-10-7-18-8-11(10)5-9/h3-5H,2,6-8H2,1H3. The number of alkyl halides is 1. The molecule has 0 spiro atoms. The summed E-state index contributed by atoms with van der Waals surface area (Å²) in [4.78, 5) is 0. The molecule has 1 aromatic heterocycles. The van der Waals surface area contributed by atoms with E-state index in [0.29, 0.717) is 6.61 Å². The van der Waals surface area contributed by atoms with Gasteiger partial charge in [-0.15, -0.1) is 10.2 Å². The molecule has 0 N–H and O–H groups in total. The number of fused-ring (bicyclic) bond motifs is 1. The Hall–Kier alpha value is -1.20. The van der Waals surface area contributed by atoms with Crippen LogP contribution in [0.1, 0.15) is 23.9 Å².